The van der Waals surface area contributed by atoms with Crippen LogP contribution in [0.3, 0.4) is 0 Å². The van der Waals surface area contributed by atoms with E-state index in [0.717, 1.165) is 31.1 Å². The molecule has 0 radical (unpaired) electrons. The Hall–Kier alpha value is -0.530. The Kier molecular flexibility index (Phi) is 5.13. The summed E-state index contributed by atoms with van der Waals surface area (Å²) in [7, 11) is 0. The van der Waals surface area contributed by atoms with Crippen LogP contribution in [0.25, 0.3) is 0 Å². The Bertz CT molecular complexity index is 336. The molecule has 0 aromatic heterocycles. The van der Waals surface area contributed by atoms with Gasteiger partial charge < -0.3 is 4.79 Å². The van der Waals surface area contributed by atoms with Crippen molar-refractivity contribution in [2.75, 3.05) is 0 Å². The van der Waals surface area contributed by atoms with Crippen molar-refractivity contribution in [2.45, 2.75) is 32.1 Å². The quantitative estimate of drug-likeness (QED) is 0.699. The maximum absolute atomic E-state index is 11.0. The van der Waals surface area contributed by atoms with Crippen LogP contribution in [-0.2, 0) is 4.79 Å². The minimum Gasteiger partial charge on any atom is -0.303 e. The molecule has 0 fully saturated rings. The lowest BCUT2D eigenvalue weighted by molar-refractivity contribution is -0.109. The third-order valence-electron chi connectivity index (χ3n) is 2.41. The van der Waals surface area contributed by atoms with Gasteiger partial charge in [0, 0.05) is 5.92 Å². The lowest BCUT2D eigenvalue weighted by Gasteiger charge is -2.12. The standard InChI is InChI=1S/C12H14Cl2O/c1-2-3-5-9(8-15)10-6-4-7-11(13)12(10)14/h4,6-9H,2-3,5H2,1H3. The first-order valence-electron chi connectivity index (χ1n) is 5.10. The highest BCUT2D eigenvalue weighted by molar-refractivity contribution is 6.42. The average molecular weight is 245 g/mol. The van der Waals surface area contributed by atoms with Gasteiger partial charge in [-0.2, -0.15) is 0 Å². The molecule has 0 aliphatic carbocycles. The van der Waals surface area contributed by atoms with Crippen LogP contribution in [0.1, 0.15) is 37.7 Å². The summed E-state index contributed by atoms with van der Waals surface area (Å²) in [6.45, 7) is 2.10. The number of benzene rings is 1. The Balaban J connectivity index is 2.91. The monoisotopic (exact) mass is 244 g/mol. The van der Waals surface area contributed by atoms with Crippen LogP contribution in [0.2, 0.25) is 10.0 Å². The minimum absolute atomic E-state index is 0.129. The zero-order chi connectivity index (χ0) is 11.3. The van der Waals surface area contributed by atoms with Gasteiger partial charge in [0.25, 0.3) is 0 Å². The summed E-state index contributed by atoms with van der Waals surface area (Å²) >= 11 is 12.0. The maximum atomic E-state index is 11.0. The molecule has 1 aromatic carbocycles. The van der Waals surface area contributed by atoms with Gasteiger partial charge in [-0.3, -0.25) is 0 Å². The highest BCUT2D eigenvalue weighted by Crippen LogP contribution is 2.32. The van der Waals surface area contributed by atoms with Crippen molar-refractivity contribution >= 4 is 29.5 Å². The molecule has 0 amide bonds. The van der Waals surface area contributed by atoms with Gasteiger partial charge in [-0.25, -0.2) is 0 Å². The first-order chi connectivity index (χ1) is 7.20. The molecule has 1 atom stereocenters. The Morgan fingerprint density at radius 2 is 2.13 bits per heavy atom. The zero-order valence-electron chi connectivity index (χ0n) is 8.67. The summed E-state index contributed by atoms with van der Waals surface area (Å²) in [6, 6.07) is 5.42. The Morgan fingerprint density at radius 1 is 1.40 bits per heavy atom. The van der Waals surface area contributed by atoms with Crippen LogP contribution in [-0.4, -0.2) is 6.29 Å². The summed E-state index contributed by atoms with van der Waals surface area (Å²) in [5.41, 5.74) is 0.840. The number of aldehydes is 1. The van der Waals surface area contributed by atoms with Crippen molar-refractivity contribution in [2.24, 2.45) is 0 Å². The van der Waals surface area contributed by atoms with Gasteiger partial charge in [0.1, 0.15) is 6.29 Å². The van der Waals surface area contributed by atoms with E-state index in [9.17, 15) is 4.79 Å². The predicted molar refractivity (Wildman–Crippen MR) is 64.8 cm³/mol. The molecule has 1 rings (SSSR count). The molecule has 0 aliphatic rings. The molecule has 0 saturated carbocycles. The maximum Gasteiger partial charge on any atom is 0.127 e. The molecule has 0 spiro atoms. The van der Waals surface area contributed by atoms with E-state index in [0.29, 0.717) is 10.0 Å². The van der Waals surface area contributed by atoms with Crippen LogP contribution < -0.4 is 0 Å². The molecule has 0 aliphatic heterocycles. The fraction of sp³-hybridized carbons (Fsp3) is 0.417. The summed E-state index contributed by atoms with van der Waals surface area (Å²) in [5.74, 6) is -0.129. The molecule has 1 nitrogen and oxygen atoms in total. The average Bonchev–Trinajstić information content (AvgIpc) is 2.25. The number of hydrogen-bond acceptors (Lipinski definition) is 1. The summed E-state index contributed by atoms with van der Waals surface area (Å²) < 4.78 is 0. The number of carbonyl (C=O) groups excluding carboxylic acids is 1. The summed E-state index contributed by atoms with van der Waals surface area (Å²) in [6.07, 6.45) is 3.88. The first-order valence-corrected chi connectivity index (χ1v) is 5.85. The van der Waals surface area contributed by atoms with E-state index in [1.54, 1.807) is 6.07 Å². The van der Waals surface area contributed by atoms with E-state index in [2.05, 4.69) is 6.92 Å². The largest absolute Gasteiger partial charge is 0.303 e. The van der Waals surface area contributed by atoms with Gasteiger partial charge in [0.05, 0.1) is 10.0 Å². The van der Waals surface area contributed by atoms with E-state index in [4.69, 9.17) is 23.2 Å². The van der Waals surface area contributed by atoms with Crippen LogP contribution in [0.15, 0.2) is 18.2 Å². The second kappa shape index (κ2) is 6.14. The molecule has 0 heterocycles. The van der Waals surface area contributed by atoms with Gasteiger partial charge in [0.15, 0.2) is 0 Å². The molecule has 3 heteroatoms. The highest BCUT2D eigenvalue weighted by Gasteiger charge is 2.14. The number of unbranched alkanes of at least 4 members (excludes halogenated alkanes) is 1. The molecule has 15 heavy (non-hydrogen) atoms. The third-order valence-corrected chi connectivity index (χ3v) is 3.25. The topological polar surface area (TPSA) is 17.1 Å². The predicted octanol–water partition coefficient (Wildman–Crippen LogP) is 4.47. The van der Waals surface area contributed by atoms with Gasteiger partial charge in [-0.05, 0) is 18.1 Å². The lowest BCUT2D eigenvalue weighted by Crippen LogP contribution is -2.01. The fourth-order valence-electron chi connectivity index (χ4n) is 1.53. The number of rotatable bonds is 5. The van der Waals surface area contributed by atoms with E-state index in [1.807, 2.05) is 12.1 Å². The number of carbonyl (C=O) groups is 1. The summed E-state index contributed by atoms with van der Waals surface area (Å²) in [4.78, 5) is 11.0. The molecule has 1 unspecified atom stereocenters. The number of halogens is 2. The molecule has 0 saturated heterocycles. The van der Waals surface area contributed by atoms with E-state index in [1.165, 1.54) is 0 Å². The van der Waals surface area contributed by atoms with E-state index >= 15 is 0 Å². The van der Waals surface area contributed by atoms with Crippen LogP contribution in [0, 0.1) is 0 Å². The van der Waals surface area contributed by atoms with Crippen LogP contribution >= 0.6 is 23.2 Å². The van der Waals surface area contributed by atoms with Crippen molar-refractivity contribution in [3.63, 3.8) is 0 Å². The minimum atomic E-state index is -0.129. The van der Waals surface area contributed by atoms with E-state index in [-0.39, 0.29) is 5.92 Å². The zero-order valence-corrected chi connectivity index (χ0v) is 10.2. The van der Waals surface area contributed by atoms with Crippen LogP contribution in [0.4, 0.5) is 0 Å². The molecule has 0 N–H and O–H groups in total. The second-order valence-corrected chi connectivity index (χ2v) is 4.31. The van der Waals surface area contributed by atoms with Gasteiger partial charge >= 0.3 is 0 Å². The second-order valence-electron chi connectivity index (χ2n) is 3.53. The van der Waals surface area contributed by atoms with Gasteiger partial charge in [-0.15, -0.1) is 0 Å². The molecular weight excluding hydrogens is 231 g/mol. The normalized spacial score (nSPS) is 12.5. The Labute approximate surface area is 100 Å². The highest BCUT2D eigenvalue weighted by atomic mass is 35.5. The Morgan fingerprint density at radius 3 is 2.73 bits per heavy atom. The van der Waals surface area contributed by atoms with Crippen molar-refractivity contribution in [1.29, 1.82) is 0 Å². The van der Waals surface area contributed by atoms with Crippen molar-refractivity contribution in [1.82, 2.24) is 0 Å². The summed E-state index contributed by atoms with van der Waals surface area (Å²) in [5, 5.41) is 1.02. The third kappa shape index (κ3) is 3.22. The van der Waals surface area contributed by atoms with Crippen molar-refractivity contribution in [3.05, 3.63) is 33.8 Å². The lowest BCUT2D eigenvalue weighted by atomic mass is 9.95. The first kappa shape index (κ1) is 12.5. The SMILES string of the molecule is CCCCC(C=O)c1cccc(Cl)c1Cl. The van der Waals surface area contributed by atoms with Gasteiger partial charge in [0.2, 0.25) is 0 Å². The van der Waals surface area contributed by atoms with Gasteiger partial charge in [-0.1, -0.05) is 55.1 Å². The van der Waals surface area contributed by atoms with Crippen molar-refractivity contribution in [3.8, 4) is 0 Å². The molecule has 1 aromatic rings. The number of hydrogen-bond donors (Lipinski definition) is 0. The fourth-order valence-corrected chi connectivity index (χ4v) is 1.98. The molecule has 0 bridgehead atoms. The smallest absolute Gasteiger partial charge is 0.127 e. The van der Waals surface area contributed by atoms with E-state index < -0.39 is 0 Å². The molecular formula is C12H14Cl2O. The van der Waals surface area contributed by atoms with Crippen LogP contribution in [0.5, 0.6) is 0 Å². The van der Waals surface area contributed by atoms with Crippen molar-refractivity contribution < 1.29 is 4.79 Å². The molecule has 82 valence electrons.